The van der Waals surface area contributed by atoms with E-state index >= 15 is 0 Å². The number of rotatable bonds is 4. The van der Waals surface area contributed by atoms with Gasteiger partial charge in [-0.1, -0.05) is 12.1 Å². The highest BCUT2D eigenvalue weighted by Crippen LogP contribution is 2.38. The van der Waals surface area contributed by atoms with Crippen molar-refractivity contribution >= 4 is 17.1 Å². The number of nitro groups is 1. The number of non-ortho nitro benzene ring substituents is 1. The molecule has 0 unspecified atom stereocenters. The standard InChI is InChI=1S/C19H17N5O3/c1-22-12-13(11-20-22)18-10-17(16-4-2-3-5-19(16)25)21-23(18)14-6-8-15(9-7-14)24(26)27/h2-9,11-12,18,25H,10H2,1H3/t18-/m1/s1. The first-order valence-corrected chi connectivity index (χ1v) is 8.41. The lowest BCUT2D eigenvalue weighted by molar-refractivity contribution is -0.384. The van der Waals surface area contributed by atoms with Gasteiger partial charge in [-0.3, -0.25) is 19.8 Å². The molecule has 0 aliphatic carbocycles. The highest BCUT2D eigenvalue weighted by atomic mass is 16.6. The van der Waals surface area contributed by atoms with E-state index in [0.29, 0.717) is 12.0 Å². The van der Waals surface area contributed by atoms with Crippen LogP contribution >= 0.6 is 0 Å². The molecule has 1 aliphatic rings. The average molecular weight is 363 g/mol. The lowest BCUT2D eigenvalue weighted by Gasteiger charge is -2.22. The van der Waals surface area contributed by atoms with E-state index in [1.54, 1.807) is 35.1 Å². The van der Waals surface area contributed by atoms with Crippen LogP contribution < -0.4 is 5.01 Å². The molecule has 0 saturated carbocycles. The number of anilines is 1. The predicted octanol–water partition coefficient (Wildman–Crippen LogP) is 3.39. The Kier molecular flexibility index (Phi) is 4.08. The number of nitrogens with zero attached hydrogens (tertiary/aromatic N) is 5. The van der Waals surface area contributed by atoms with Gasteiger partial charge < -0.3 is 5.11 Å². The number of nitro benzene ring substituents is 1. The highest BCUT2D eigenvalue weighted by Gasteiger charge is 2.31. The number of aryl methyl sites for hydroxylation is 1. The fourth-order valence-corrected chi connectivity index (χ4v) is 3.23. The van der Waals surface area contributed by atoms with E-state index < -0.39 is 4.92 Å². The van der Waals surface area contributed by atoms with Crippen molar-refractivity contribution in [1.82, 2.24) is 9.78 Å². The van der Waals surface area contributed by atoms with E-state index in [-0.39, 0.29) is 17.5 Å². The fraction of sp³-hybridized carbons (Fsp3) is 0.158. The number of hydrogen-bond donors (Lipinski definition) is 1. The summed E-state index contributed by atoms with van der Waals surface area (Å²) in [6, 6.07) is 13.2. The van der Waals surface area contributed by atoms with Gasteiger partial charge in [0.1, 0.15) is 5.75 Å². The molecule has 4 rings (SSSR count). The van der Waals surface area contributed by atoms with Crippen LogP contribution in [0.15, 0.2) is 66.0 Å². The second-order valence-corrected chi connectivity index (χ2v) is 6.35. The van der Waals surface area contributed by atoms with Crippen molar-refractivity contribution in [2.75, 3.05) is 5.01 Å². The number of aromatic hydroxyl groups is 1. The summed E-state index contributed by atoms with van der Waals surface area (Å²) in [6.45, 7) is 0. The number of benzene rings is 2. The van der Waals surface area contributed by atoms with Crippen molar-refractivity contribution < 1.29 is 10.0 Å². The smallest absolute Gasteiger partial charge is 0.269 e. The molecule has 8 nitrogen and oxygen atoms in total. The van der Waals surface area contributed by atoms with Crippen LogP contribution in [0.4, 0.5) is 11.4 Å². The van der Waals surface area contributed by atoms with Gasteiger partial charge in [0.2, 0.25) is 0 Å². The quantitative estimate of drug-likeness (QED) is 0.566. The van der Waals surface area contributed by atoms with Gasteiger partial charge in [0.25, 0.3) is 5.69 Å². The van der Waals surface area contributed by atoms with Gasteiger partial charge in [0.05, 0.1) is 28.6 Å². The van der Waals surface area contributed by atoms with E-state index in [2.05, 4.69) is 5.10 Å². The van der Waals surface area contributed by atoms with Crippen molar-refractivity contribution in [1.29, 1.82) is 0 Å². The number of phenolic OH excluding ortho intramolecular Hbond substituents is 1. The SMILES string of the molecule is Cn1cc([C@H]2CC(c3ccccc3O)=NN2c2ccc([N+](=O)[O-])cc2)cn1. The van der Waals surface area contributed by atoms with Crippen LogP contribution in [0.3, 0.4) is 0 Å². The Morgan fingerprint density at radius 1 is 1.19 bits per heavy atom. The van der Waals surface area contributed by atoms with Crippen molar-refractivity contribution in [2.45, 2.75) is 12.5 Å². The minimum atomic E-state index is -0.428. The Bertz CT molecular complexity index is 1030. The van der Waals surface area contributed by atoms with Crippen molar-refractivity contribution in [3.8, 4) is 5.75 Å². The van der Waals surface area contributed by atoms with E-state index in [0.717, 1.165) is 17.0 Å². The predicted molar refractivity (Wildman–Crippen MR) is 101 cm³/mol. The molecule has 0 fully saturated rings. The summed E-state index contributed by atoms with van der Waals surface area (Å²) >= 11 is 0. The first-order valence-electron chi connectivity index (χ1n) is 8.41. The van der Waals surface area contributed by atoms with Gasteiger partial charge in [-0.25, -0.2) is 0 Å². The first kappa shape index (κ1) is 16.8. The Hall–Kier alpha value is -3.68. The Morgan fingerprint density at radius 3 is 2.56 bits per heavy atom. The molecule has 3 aromatic rings. The molecule has 0 spiro atoms. The average Bonchev–Trinajstić information content (AvgIpc) is 3.28. The van der Waals surface area contributed by atoms with Gasteiger partial charge in [0, 0.05) is 42.9 Å². The molecule has 2 aromatic carbocycles. The third kappa shape index (κ3) is 3.12. The van der Waals surface area contributed by atoms with Crippen LogP contribution in [-0.2, 0) is 7.05 Å². The van der Waals surface area contributed by atoms with Crippen LogP contribution in [0.2, 0.25) is 0 Å². The summed E-state index contributed by atoms with van der Waals surface area (Å²) in [6.07, 6.45) is 4.29. The fourth-order valence-electron chi connectivity index (χ4n) is 3.23. The number of aromatic nitrogens is 2. The van der Waals surface area contributed by atoms with Gasteiger partial charge in [-0.2, -0.15) is 10.2 Å². The first-order chi connectivity index (χ1) is 13.0. The van der Waals surface area contributed by atoms with Crippen LogP contribution in [-0.4, -0.2) is 25.5 Å². The molecule has 2 heterocycles. The topological polar surface area (TPSA) is 96.8 Å². The molecule has 27 heavy (non-hydrogen) atoms. The Balaban J connectivity index is 1.75. The Morgan fingerprint density at radius 2 is 1.93 bits per heavy atom. The summed E-state index contributed by atoms with van der Waals surface area (Å²) in [5.74, 6) is 0.173. The molecule has 0 amide bonds. The molecule has 1 N–H and O–H groups in total. The molecule has 0 saturated heterocycles. The highest BCUT2D eigenvalue weighted by molar-refractivity contribution is 6.05. The minimum absolute atomic E-state index is 0.0285. The monoisotopic (exact) mass is 363 g/mol. The minimum Gasteiger partial charge on any atom is -0.507 e. The van der Waals surface area contributed by atoms with Crippen LogP contribution in [0.1, 0.15) is 23.6 Å². The third-order valence-corrected chi connectivity index (χ3v) is 4.56. The molecule has 0 bridgehead atoms. The number of hydrogen-bond acceptors (Lipinski definition) is 6. The van der Waals surface area contributed by atoms with Crippen LogP contribution in [0, 0.1) is 10.1 Å². The molecule has 8 heteroatoms. The Labute approximate surface area is 155 Å². The van der Waals surface area contributed by atoms with Gasteiger partial charge in [-0.05, 0) is 24.3 Å². The molecular formula is C19H17N5O3. The molecular weight excluding hydrogens is 346 g/mol. The lowest BCUT2D eigenvalue weighted by Crippen LogP contribution is -2.18. The van der Waals surface area contributed by atoms with Crippen LogP contribution in [0.25, 0.3) is 0 Å². The molecule has 0 radical (unpaired) electrons. The number of hydrazone groups is 1. The van der Waals surface area contributed by atoms with E-state index in [4.69, 9.17) is 5.10 Å². The summed E-state index contributed by atoms with van der Waals surface area (Å²) in [4.78, 5) is 10.5. The van der Waals surface area contributed by atoms with Crippen molar-refractivity contribution in [3.63, 3.8) is 0 Å². The lowest BCUT2D eigenvalue weighted by atomic mass is 10.00. The maximum Gasteiger partial charge on any atom is 0.269 e. The van der Waals surface area contributed by atoms with Crippen LogP contribution in [0.5, 0.6) is 5.75 Å². The number of phenols is 1. The zero-order chi connectivity index (χ0) is 19.0. The maximum absolute atomic E-state index is 10.9. The van der Waals surface area contributed by atoms with Crippen molar-refractivity contribution in [2.24, 2.45) is 12.1 Å². The molecule has 136 valence electrons. The van der Waals surface area contributed by atoms with Gasteiger partial charge >= 0.3 is 0 Å². The summed E-state index contributed by atoms with van der Waals surface area (Å²) in [5, 5.41) is 31.9. The van der Waals surface area contributed by atoms with E-state index in [9.17, 15) is 15.2 Å². The summed E-state index contributed by atoms with van der Waals surface area (Å²) in [5.41, 5.74) is 3.17. The molecule has 1 aromatic heterocycles. The van der Waals surface area contributed by atoms with E-state index in [1.165, 1.54) is 12.1 Å². The zero-order valence-corrected chi connectivity index (χ0v) is 14.6. The zero-order valence-electron chi connectivity index (χ0n) is 14.6. The third-order valence-electron chi connectivity index (χ3n) is 4.56. The second-order valence-electron chi connectivity index (χ2n) is 6.35. The normalized spacial score (nSPS) is 16.4. The second kappa shape index (κ2) is 6.56. The van der Waals surface area contributed by atoms with Gasteiger partial charge in [0.15, 0.2) is 0 Å². The molecule has 1 aliphatic heterocycles. The molecule has 1 atom stereocenters. The van der Waals surface area contributed by atoms with Gasteiger partial charge in [-0.15, -0.1) is 0 Å². The largest absolute Gasteiger partial charge is 0.507 e. The summed E-state index contributed by atoms with van der Waals surface area (Å²) < 4.78 is 1.72. The summed E-state index contributed by atoms with van der Waals surface area (Å²) in [7, 11) is 1.85. The van der Waals surface area contributed by atoms with E-state index in [1.807, 2.05) is 30.4 Å². The maximum atomic E-state index is 10.9. The number of para-hydroxylation sites is 1. The van der Waals surface area contributed by atoms with Crippen molar-refractivity contribution in [3.05, 3.63) is 82.2 Å².